The van der Waals surface area contributed by atoms with Crippen molar-refractivity contribution in [2.75, 3.05) is 0 Å². The summed E-state index contributed by atoms with van der Waals surface area (Å²) in [5.41, 5.74) is 1.13. The van der Waals surface area contributed by atoms with Crippen LogP contribution in [-0.4, -0.2) is 5.78 Å². The zero-order valence-corrected chi connectivity index (χ0v) is 12.1. The standard InChI is InChI=1S/C17H28O/c1-3-5-7-8-9-12-15(11-6-4-2)16-13-10-14-17(16)18/h4,6,13,15H,3,5,7-12,14H2,1-2H3. The summed E-state index contributed by atoms with van der Waals surface area (Å²) in [6, 6.07) is 0. The van der Waals surface area contributed by atoms with Gasteiger partial charge in [-0.05, 0) is 37.7 Å². The van der Waals surface area contributed by atoms with Gasteiger partial charge < -0.3 is 0 Å². The first-order chi connectivity index (χ1) is 8.79. The second kappa shape index (κ2) is 9.13. The molecule has 0 aromatic heterocycles. The van der Waals surface area contributed by atoms with Gasteiger partial charge in [0.05, 0.1) is 0 Å². The number of carbonyl (C=O) groups is 1. The topological polar surface area (TPSA) is 17.1 Å². The molecule has 1 unspecified atom stereocenters. The fourth-order valence-corrected chi connectivity index (χ4v) is 2.71. The van der Waals surface area contributed by atoms with Crippen molar-refractivity contribution in [2.24, 2.45) is 5.92 Å². The molecule has 1 aliphatic carbocycles. The lowest BCUT2D eigenvalue weighted by Gasteiger charge is -2.15. The van der Waals surface area contributed by atoms with Crippen LogP contribution in [0.25, 0.3) is 0 Å². The predicted octanol–water partition coefficient (Wildman–Crippen LogP) is 5.22. The van der Waals surface area contributed by atoms with Gasteiger partial charge in [-0.25, -0.2) is 0 Å². The zero-order chi connectivity index (χ0) is 13.2. The summed E-state index contributed by atoms with van der Waals surface area (Å²) in [7, 11) is 0. The molecule has 0 N–H and O–H groups in total. The first-order valence-corrected chi connectivity index (χ1v) is 7.64. The van der Waals surface area contributed by atoms with Gasteiger partial charge in [0.25, 0.3) is 0 Å². The van der Waals surface area contributed by atoms with Crippen LogP contribution >= 0.6 is 0 Å². The van der Waals surface area contributed by atoms with E-state index in [4.69, 9.17) is 0 Å². The van der Waals surface area contributed by atoms with Gasteiger partial charge in [0.15, 0.2) is 5.78 Å². The van der Waals surface area contributed by atoms with Crippen LogP contribution < -0.4 is 0 Å². The highest BCUT2D eigenvalue weighted by Gasteiger charge is 2.22. The molecule has 0 saturated heterocycles. The molecule has 1 aliphatic rings. The summed E-state index contributed by atoms with van der Waals surface area (Å²) in [5.74, 6) is 0.885. The van der Waals surface area contributed by atoms with Crippen LogP contribution in [0.2, 0.25) is 0 Å². The van der Waals surface area contributed by atoms with Crippen LogP contribution in [0, 0.1) is 5.92 Å². The summed E-state index contributed by atoms with van der Waals surface area (Å²) in [6.07, 6.45) is 17.0. The van der Waals surface area contributed by atoms with Crippen molar-refractivity contribution in [3.63, 3.8) is 0 Å². The molecule has 18 heavy (non-hydrogen) atoms. The molecule has 0 bridgehead atoms. The first kappa shape index (κ1) is 15.2. The molecule has 0 saturated carbocycles. The number of carbonyl (C=O) groups excluding carboxylic acids is 1. The minimum absolute atomic E-state index is 0.401. The van der Waals surface area contributed by atoms with Crippen molar-refractivity contribution < 1.29 is 4.79 Å². The molecular weight excluding hydrogens is 220 g/mol. The second-order valence-electron chi connectivity index (χ2n) is 5.33. The summed E-state index contributed by atoms with van der Waals surface area (Å²) >= 11 is 0. The molecule has 0 fully saturated rings. The average Bonchev–Trinajstić information content (AvgIpc) is 2.79. The number of hydrogen-bond donors (Lipinski definition) is 0. The van der Waals surface area contributed by atoms with Gasteiger partial charge in [-0.1, -0.05) is 57.3 Å². The maximum Gasteiger partial charge on any atom is 0.159 e. The molecule has 1 rings (SSSR count). The Hall–Kier alpha value is -0.850. The van der Waals surface area contributed by atoms with Crippen LogP contribution in [0.4, 0.5) is 0 Å². The molecule has 1 nitrogen and oxygen atoms in total. The van der Waals surface area contributed by atoms with E-state index in [1.54, 1.807) is 0 Å². The minimum Gasteiger partial charge on any atom is -0.295 e. The lowest BCUT2D eigenvalue weighted by molar-refractivity contribution is -0.115. The van der Waals surface area contributed by atoms with Crippen LogP contribution in [0.15, 0.2) is 23.8 Å². The Morgan fingerprint density at radius 1 is 1.28 bits per heavy atom. The third-order valence-electron chi connectivity index (χ3n) is 3.81. The van der Waals surface area contributed by atoms with Gasteiger partial charge in [0.2, 0.25) is 0 Å². The van der Waals surface area contributed by atoms with Gasteiger partial charge in [0, 0.05) is 6.42 Å². The Balaban J connectivity index is 2.38. The molecule has 0 aromatic carbocycles. The maximum absolute atomic E-state index is 11.8. The molecule has 0 heterocycles. The van der Waals surface area contributed by atoms with Crippen LogP contribution in [-0.2, 0) is 4.79 Å². The normalized spacial score (nSPS) is 17.4. The molecule has 0 amide bonds. The lowest BCUT2D eigenvalue weighted by atomic mass is 9.88. The third-order valence-corrected chi connectivity index (χ3v) is 3.81. The quantitative estimate of drug-likeness (QED) is 0.404. The van der Waals surface area contributed by atoms with E-state index in [0.717, 1.165) is 24.8 Å². The predicted molar refractivity (Wildman–Crippen MR) is 78.6 cm³/mol. The Bertz CT molecular complexity index is 299. The van der Waals surface area contributed by atoms with Crippen LogP contribution in [0.3, 0.4) is 0 Å². The van der Waals surface area contributed by atoms with Gasteiger partial charge in [-0.3, -0.25) is 4.79 Å². The number of hydrogen-bond acceptors (Lipinski definition) is 1. The second-order valence-corrected chi connectivity index (χ2v) is 5.33. The van der Waals surface area contributed by atoms with E-state index in [-0.39, 0.29) is 0 Å². The largest absolute Gasteiger partial charge is 0.295 e. The van der Waals surface area contributed by atoms with Crippen LogP contribution in [0.5, 0.6) is 0 Å². The Morgan fingerprint density at radius 3 is 2.67 bits per heavy atom. The monoisotopic (exact) mass is 248 g/mol. The third kappa shape index (κ3) is 5.20. The van der Waals surface area contributed by atoms with Crippen molar-refractivity contribution in [2.45, 2.75) is 71.6 Å². The van der Waals surface area contributed by atoms with Crippen LogP contribution in [0.1, 0.15) is 71.6 Å². The van der Waals surface area contributed by atoms with Crippen molar-refractivity contribution in [1.82, 2.24) is 0 Å². The number of Topliss-reactive ketones (excluding diaryl/α,β-unsaturated/α-hetero) is 1. The van der Waals surface area contributed by atoms with Crippen molar-refractivity contribution in [3.8, 4) is 0 Å². The SMILES string of the molecule is CC=CCC(CCCCCCC)C1=CCCC1=O. The van der Waals surface area contributed by atoms with Gasteiger partial charge in [-0.2, -0.15) is 0 Å². The van der Waals surface area contributed by atoms with E-state index in [1.807, 2.05) is 0 Å². The number of unbranched alkanes of at least 4 members (excludes halogenated alkanes) is 4. The molecule has 0 aliphatic heterocycles. The highest BCUT2D eigenvalue weighted by molar-refractivity contribution is 5.97. The van der Waals surface area contributed by atoms with E-state index in [2.05, 4.69) is 32.1 Å². The fraction of sp³-hybridized carbons (Fsp3) is 0.706. The summed E-state index contributed by atoms with van der Waals surface area (Å²) in [4.78, 5) is 11.8. The van der Waals surface area contributed by atoms with Gasteiger partial charge in [0.1, 0.15) is 0 Å². The van der Waals surface area contributed by atoms with Gasteiger partial charge in [-0.15, -0.1) is 0 Å². The molecule has 0 spiro atoms. The Kier molecular flexibility index (Phi) is 7.71. The summed E-state index contributed by atoms with van der Waals surface area (Å²) in [6.45, 7) is 4.31. The number of ketones is 1. The zero-order valence-electron chi connectivity index (χ0n) is 12.1. The first-order valence-electron chi connectivity index (χ1n) is 7.64. The average molecular weight is 248 g/mol. The minimum atomic E-state index is 0.401. The summed E-state index contributed by atoms with van der Waals surface area (Å²) < 4.78 is 0. The molecule has 0 radical (unpaired) electrons. The highest BCUT2D eigenvalue weighted by Crippen LogP contribution is 2.29. The van der Waals surface area contributed by atoms with E-state index < -0.39 is 0 Å². The summed E-state index contributed by atoms with van der Waals surface area (Å²) in [5, 5.41) is 0. The Labute approximate surface area is 112 Å². The lowest BCUT2D eigenvalue weighted by Crippen LogP contribution is -2.09. The molecular formula is C17H28O. The van der Waals surface area contributed by atoms with Crippen molar-refractivity contribution in [1.29, 1.82) is 0 Å². The molecule has 102 valence electrons. The van der Waals surface area contributed by atoms with Gasteiger partial charge >= 0.3 is 0 Å². The van der Waals surface area contributed by atoms with Crippen molar-refractivity contribution in [3.05, 3.63) is 23.8 Å². The van der Waals surface area contributed by atoms with E-state index in [0.29, 0.717) is 11.7 Å². The van der Waals surface area contributed by atoms with E-state index >= 15 is 0 Å². The number of allylic oxidation sites excluding steroid dienone is 4. The molecule has 1 atom stereocenters. The smallest absolute Gasteiger partial charge is 0.159 e. The van der Waals surface area contributed by atoms with E-state index in [1.165, 1.54) is 38.5 Å². The number of rotatable bonds is 9. The van der Waals surface area contributed by atoms with Crippen molar-refractivity contribution >= 4 is 5.78 Å². The fourth-order valence-electron chi connectivity index (χ4n) is 2.71. The Morgan fingerprint density at radius 2 is 2.06 bits per heavy atom. The molecule has 0 aromatic rings. The molecule has 1 heteroatoms. The highest BCUT2D eigenvalue weighted by atomic mass is 16.1. The maximum atomic E-state index is 11.8. The van der Waals surface area contributed by atoms with E-state index in [9.17, 15) is 4.79 Å².